The first-order valence-corrected chi connectivity index (χ1v) is 8.32. The third-order valence-corrected chi connectivity index (χ3v) is 4.23. The number of urea groups is 1. The predicted molar refractivity (Wildman–Crippen MR) is 96.3 cm³/mol. The van der Waals surface area contributed by atoms with Crippen LogP contribution in [0.1, 0.15) is 24.1 Å². The van der Waals surface area contributed by atoms with Crippen molar-refractivity contribution in [3.8, 4) is 5.75 Å². The summed E-state index contributed by atoms with van der Waals surface area (Å²) in [5.74, 6) is -0.454. The highest BCUT2D eigenvalue weighted by Gasteiger charge is 2.33. The second-order valence-electron chi connectivity index (χ2n) is 6.02. The average molecular weight is 370 g/mol. The van der Waals surface area contributed by atoms with Gasteiger partial charge in [-0.2, -0.15) is 0 Å². The molecule has 6 nitrogen and oxygen atoms in total. The van der Waals surface area contributed by atoms with Gasteiger partial charge in [0.05, 0.1) is 18.7 Å². The van der Waals surface area contributed by atoms with Gasteiger partial charge in [0.15, 0.2) is 0 Å². The van der Waals surface area contributed by atoms with Crippen LogP contribution < -0.4 is 15.4 Å². The lowest BCUT2D eigenvalue weighted by molar-refractivity contribution is -0.140. The Balaban J connectivity index is 1.82. The van der Waals surface area contributed by atoms with E-state index in [1.807, 2.05) is 0 Å². The molecule has 140 valence electrons. The molecule has 27 heavy (non-hydrogen) atoms. The normalized spacial score (nSPS) is 16.4. The highest BCUT2D eigenvalue weighted by molar-refractivity contribution is 5.95. The number of carbonyl (C=O) groups is 2. The first-order chi connectivity index (χ1) is 13.0. The summed E-state index contributed by atoms with van der Waals surface area (Å²) in [6.45, 7) is 1.62. The molecule has 0 aromatic heterocycles. The molecule has 1 atom stereocenters. The topological polar surface area (TPSA) is 76.7 Å². The molecule has 3 rings (SSSR count). The number of hydrogen-bond donors (Lipinski definition) is 2. The number of halogens is 1. The Bertz CT molecular complexity index is 893. The predicted octanol–water partition coefficient (Wildman–Crippen LogP) is 3.21. The molecule has 0 radical (unpaired) electrons. The summed E-state index contributed by atoms with van der Waals surface area (Å²) >= 11 is 0. The molecule has 0 bridgehead atoms. The number of esters is 1. The Hall–Kier alpha value is -3.35. The molecule has 1 heterocycles. The molecule has 1 aliphatic rings. The van der Waals surface area contributed by atoms with Crippen LogP contribution >= 0.6 is 0 Å². The lowest BCUT2D eigenvalue weighted by Gasteiger charge is -2.28. The zero-order valence-corrected chi connectivity index (χ0v) is 14.9. The van der Waals surface area contributed by atoms with Crippen LogP contribution in [-0.4, -0.2) is 19.1 Å². The van der Waals surface area contributed by atoms with Crippen molar-refractivity contribution in [1.29, 1.82) is 0 Å². The van der Waals surface area contributed by atoms with Gasteiger partial charge in [-0.25, -0.2) is 14.0 Å². The summed E-state index contributed by atoms with van der Waals surface area (Å²) in [6.07, 6.45) is 0. The molecule has 7 heteroatoms. The van der Waals surface area contributed by atoms with Gasteiger partial charge in [0.2, 0.25) is 0 Å². The minimum absolute atomic E-state index is 0.0392. The number of benzene rings is 2. The fraction of sp³-hybridized carbons (Fsp3) is 0.200. The van der Waals surface area contributed by atoms with Gasteiger partial charge in [0, 0.05) is 11.3 Å². The Kier molecular flexibility index (Phi) is 5.40. The number of nitrogens with one attached hydrogen (secondary N) is 2. The molecule has 2 N–H and O–H groups in total. The van der Waals surface area contributed by atoms with E-state index in [4.69, 9.17) is 9.47 Å². The fourth-order valence-electron chi connectivity index (χ4n) is 2.86. The van der Waals surface area contributed by atoms with E-state index in [-0.39, 0.29) is 17.7 Å². The molecule has 1 aliphatic heterocycles. The van der Waals surface area contributed by atoms with Gasteiger partial charge in [-0.15, -0.1) is 0 Å². The molecular weight excluding hydrogens is 351 g/mol. The van der Waals surface area contributed by atoms with Crippen LogP contribution in [-0.2, 0) is 16.1 Å². The lowest BCUT2D eigenvalue weighted by atomic mass is 9.95. The second kappa shape index (κ2) is 7.90. The summed E-state index contributed by atoms with van der Waals surface area (Å²) in [5, 5.41) is 5.12. The van der Waals surface area contributed by atoms with Gasteiger partial charge in [-0.05, 0) is 30.7 Å². The first-order valence-electron chi connectivity index (χ1n) is 8.32. The highest BCUT2D eigenvalue weighted by Crippen LogP contribution is 2.29. The maximum Gasteiger partial charge on any atom is 0.338 e. The number of hydrogen-bond acceptors (Lipinski definition) is 4. The molecule has 2 aromatic carbocycles. The maximum atomic E-state index is 14.2. The molecule has 0 saturated carbocycles. The second-order valence-corrected chi connectivity index (χ2v) is 6.02. The van der Waals surface area contributed by atoms with Gasteiger partial charge >= 0.3 is 12.0 Å². The molecular formula is C20H19FN2O4. The zero-order chi connectivity index (χ0) is 19.4. The van der Waals surface area contributed by atoms with Crippen LogP contribution in [0.3, 0.4) is 0 Å². The number of methoxy groups -OCH3 is 1. The standard InChI is InChI=1S/C20H19FN2O4/c1-12-17(19(24)27-11-13-7-9-14(26-2)10-8-13)18(23-20(25)22-12)15-5-3-4-6-16(15)21/h3-10,18H,11H2,1-2H3,(H2,22,23,25)/t18-/m1/s1. The van der Waals surface area contributed by atoms with Crippen LogP contribution in [0.15, 0.2) is 59.8 Å². The zero-order valence-electron chi connectivity index (χ0n) is 14.9. The minimum Gasteiger partial charge on any atom is -0.497 e. The van der Waals surface area contributed by atoms with Crippen molar-refractivity contribution in [2.45, 2.75) is 19.6 Å². The number of rotatable bonds is 5. The number of carbonyl (C=O) groups excluding carboxylic acids is 2. The highest BCUT2D eigenvalue weighted by atomic mass is 19.1. The van der Waals surface area contributed by atoms with Crippen molar-refractivity contribution in [3.05, 3.63) is 76.7 Å². The Labute approximate surface area is 156 Å². The van der Waals surface area contributed by atoms with Crippen molar-refractivity contribution in [2.75, 3.05) is 7.11 Å². The summed E-state index contributed by atoms with van der Waals surface area (Å²) in [4.78, 5) is 24.5. The van der Waals surface area contributed by atoms with Crippen LogP contribution in [0.5, 0.6) is 5.75 Å². The van der Waals surface area contributed by atoms with Crippen LogP contribution in [0, 0.1) is 5.82 Å². The number of amides is 2. The number of ether oxygens (including phenoxy) is 2. The van der Waals surface area contributed by atoms with E-state index in [1.165, 1.54) is 12.1 Å². The molecule has 0 saturated heterocycles. The minimum atomic E-state index is -0.927. The summed E-state index contributed by atoms with van der Waals surface area (Å²) < 4.78 is 24.7. The van der Waals surface area contributed by atoms with Crippen molar-refractivity contribution in [2.24, 2.45) is 0 Å². The van der Waals surface area contributed by atoms with Gasteiger partial charge in [-0.3, -0.25) is 0 Å². The van der Waals surface area contributed by atoms with E-state index in [1.54, 1.807) is 50.4 Å². The molecule has 0 fully saturated rings. The SMILES string of the molecule is COc1ccc(COC(=O)C2=C(C)NC(=O)N[C@@H]2c2ccccc2F)cc1. The van der Waals surface area contributed by atoms with Gasteiger partial charge in [0.1, 0.15) is 18.2 Å². The van der Waals surface area contributed by atoms with E-state index in [2.05, 4.69) is 10.6 Å². The van der Waals surface area contributed by atoms with E-state index >= 15 is 0 Å². The Morgan fingerprint density at radius 3 is 2.52 bits per heavy atom. The third kappa shape index (κ3) is 4.08. The molecule has 2 aromatic rings. The van der Waals surface area contributed by atoms with Gasteiger partial charge < -0.3 is 20.1 Å². The summed E-state index contributed by atoms with van der Waals surface area (Å²) in [6, 6.07) is 11.6. The van der Waals surface area contributed by atoms with Crippen molar-refractivity contribution >= 4 is 12.0 Å². The van der Waals surface area contributed by atoms with E-state index in [0.29, 0.717) is 11.4 Å². The largest absolute Gasteiger partial charge is 0.497 e. The van der Waals surface area contributed by atoms with Crippen molar-refractivity contribution in [3.63, 3.8) is 0 Å². The first kappa shape index (κ1) is 18.4. The van der Waals surface area contributed by atoms with Crippen LogP contribution in [0.2, 0.25) is 0 Å². The van der Waals surface area contributed by atoms with Gasteiger partial charge in [0.25, 0.3) is 0 Å². The smallest absolute Gasteiger partial charge is 0.338 e. The summed E-state index contributed by atoms with van der Waals surface area (Å²) in [5.41, 5.74) is 1.46. The molecule has 0 aliphatic carbocycles. The molecule has 0 spiro atoms. The third-order valence-electron chi connectivity index (χ3n) is 4.23. The molecule has 0 unspecified atom stereocenters. The van der Waals surface area contributed by atoms with Crippen molar-refractivity contribution < 1.29 is 23.5 Å². The van der Waals surface area contributed by atoms with E-state index < -0.39 is 23.9 Å². The van der Waals surface area contributed by atoms with Gasteiger partial charge in [-0.1, -0.05) is 30.3 Å². The van der Waals surface area contributed by atoms with Crippen LogP contribution in [0.4, 0.5) is 9.18 Å². The lowest BCUT2D eigenvalue weighted by Crippen LogP contribution is -2.45. The number of allylic oxidation sites excluding steroid dienone is 1. The quantitative estimate of drug-likeness (QED) is 0.793. The van der Waals surface area contributed by atoms with E-state index in [0.717, 1.165) is 5.56 Å². The fourth-order valence-corrected chi connectivity index (χ4v) is 2.86. The monoisotopic (exact) mass is 370 g/mol. The molecule has 2 amide bonds. The Morgan fingerprint density at radius 1 is 1.15 bits per heavy atom. The average Bonchev–Trinajstić information content (AvgIpc) is 2.66. The van der Waals surface area contributed by atoms with Crippen LogP contribution in [0.25, 0.3) is 0 Å². The summed E-state index contributed by atoms with van der Waals surface area (Å²) in [7, 11) is 1.57. The van der Waals surface area contributed by atoms with E-state index in [9.17, 15) is 14.0 Å². The maximum absolute atomic E-state index is 14.2. The Morgan fingerprint density at radius 2 is 1.85 bits per heavy atom. The van der Waals surface area contributed by atoms with Crippen molar-refractivity contribution in [1.82, 2.24) is 10.6 Å².